The molecule has 0 aromatic heterocycles. The van der Waals surface area contributed by atoms with E-state index in [0.29, 0.717) is 0 Å². The van der Waals surface area contributed by atoms with Crippen LogP contribution in [0.25, 0.3) is 10.8 Å². The molecule has 0 fully saturated rings. The second-order valence-electron chi connectivity index (χ2n) is 4.83. The van der Waals surface area contributed by atoms with E-state index in [1.165, 1.54) is 5.56 Å². The summed E-state index contributed by atoms with van der Waals surface area (Å²) in [6.45, 7) is 3.85. The first-order valence-electron chi connectivity index (χ1n) is 6.54. The Bertz CT molecular complexity index is 710. The van der Waals surface area contributed by atoms with E-state index in [1.807, 2.05) is 24.3 Å². The topological polar surface area (TPSA) is 70.0 Å². The zero-order chi connectivity index (χ0) is 14.3. The summed E-state index contributed by atoms with van der Waals surface area (Å²) in [5.74, 6) is 0.244. The molecule has 1 aliphatic rings. The average Bonchev–Trinajstić information content (AvgIpc) is 2.80. The molecule has 3 rings (SSSR count). The lowest BCUT2D eigenvalue weighted by Crippen LogP contribution is -2.19. The van der Waals surface area contributed by atoms with Crippen molar-refractivity contribution in [3.63, 3.8) is 0 Å². The van der Waals surface area contributed by atoms with Crippen molar-refractivity contribution < 1.29 is 18.9 Å². The van der Waals surface area contributed by atoms with E-state index in [2.05, 4.69) is 11.8 Å². The molecule has 2 aromatic rings. The van der Waals surface area contributed by atoms with Gasteiger partial charge in [-0.1, -0.05) is 24.3 Å². The molecule has 2 aromatic carbocycles. The smallest absolute Gasteiger partial charge is 0.404 e. The van der Waals surface area contributed by atoms with Crippen LogP contribution < -0.4 is 9.42 Å². The van der Waals surface area contributed by atoms with Crippen molar-refractivity contribution in [3.05, 3.63) is 35.9 Å². The van der Waals surface area contributed by atoms with Crippen molar-refractivity contribution in [2.75, 3.05) is 18.0 Å². The molecule has 0 unspecified atom stereocenters. The van der Waals surface area contributed by atoms with E-state index in [4.69, 9.17) is 14.3 Å². The first-order valence-corrected chi connectivity index (χ1v) is 8.07. The second kappa shape index (κ2) is 4.77. The maximum Gasteiger partial charge on any atom is 0.524 e. The van der Waals surface area contributed by atoms with Crippen LogP contribution in [0, 0.1) is 0 Å². The van der Waals surface area contributed by atoms with E-state index in [-0.39, 0.29) is 5.75 Å². The van der Waals surface area contributed by atoms with Crippen LogP contribution in [0.1, 0.15) is 12.5 Å². The molecular weight excluding hydrogens is 277 g/mol. The largest absolute Gasteiger partial charge is 0.524 e. The number of nitrogens with zero attached hydrogens (tertiary/aromatic N) is 1. The van der Waals surface area contributed by atoms with Crippen molar-refractivity contribution in [2.45, 2.75) is 13.3 Å². The number of hydrogen-bond acceptors (Lipinski definition) is 3. The van der Waals surface area contributed by atoms with E-state index in [9.17, 15) is 4.57 Å². The molecule has 0 spiro atoms. The van der Waals surface area contributed by atoms with Crippen molar-refractivity contribution in [1.82, 2.24) is 0 Å². The Balaban J connectivity index is 2.25. The number of likely N-dealkylation sites (N-methyl/N-ethyl adjacent to an activating group) is 1. The monoisotopic (exact) mass is 293 g/mol. The van der Waals surface area contributed by atoms with Gasteiger partial charge in [0.25, 0.3) is 0 Å². The molecule has 1 aliphatic heterocycles. The molecule has 2 N–H and O–H groups in total. The van der Waals surface area contributed by atoms with Crippen LogP contribution in [0.2, 0.25) is 0 Å². The number of fused-ring (bicyclic) bond motifs is 3. The van der Waals surface area contributed by atoms with E-state index in [1.54, 1.807) is 6.07 Å². The first-order chi connectivity index (χ1) is 9.49. The van der Waals surface area contributed by atoms with Gasteiger partial charge in [-0.3, -0.25) is 9.79 Å². The molecular formula is C14H16NO4P. The number of hydrogen-bond donors (Lipinski definition) is 2. The summed E-state index contributed by atoms with van der Waals surface area (Å²) >= 11 is 0. The summed E-state index contributed by atoms with van der Waals surface area (Å²) in [5, 5.41) is 1.75. The Morgan fingerprint density at radius 3 is 2.65 bits per heavy atom. The highest BCUT2D eigenvalue weighted by atomic mass is 31.2. The van der Waals surface area contributed by atoms with Crippen LogP contribution in [-0.2, 0) is 11.0 Å². The Hall–Kier alpha value is -1.55. The van der Waals surface area contributed by atoms with Gasteiger partial charge < -0.3 is 9.42 Å². The highest BCUT2D eigenvalue weighted by molar-refractivity contribution is 7.46. The molecule has 20 heavy (non-hydrogen) atoms. The fourth-order valence-electron chi connectivity index (χ4n) is 2.83. The Kier molecular flexibility index (Phi) is 3.21. The van der Waals surface area contributed by atoms with Gasteiger partial charge >= 0.3 is 7.82 Å². The lowest BCUT2D eigenvalue weighted by atomic mass is 10.0. The quantitative estimate of drug-likeness (QED) is 0.851. The van der Waals surface area contributed by atoms with Gasteiger partial charge in [0.05, 0.1) is 0 Å². The third-order valence-electron chi connectivity index (χ3n) is 3.67. The maximum atomic E-state index is 11.2. The maximum absolute atomic E-state index is 11.2. The minimum Gasteiger partial charge on any atom is -0.404 e. The highest BCUT2D eigenvalue weighted by Gasteiger charge is 2.25. The van der Waals surface area contributed by atoms with E-state index in [0.717, 1.165) is 36.0 Å². The number of rotatable bonds is 3. The van der Waals surface area contributed by atoms with Crippen LogP contribution >= 0.6 is 7.82 Å². The Morgan fingerprint density at radius 2 is 2.00 bits per heavy atom. The fourth-order valence-corrected chi connectivity index (χ4v) is 3.24. The SMILES string of the molecule is CCN1CCc2c1cc(OP(=O)(O)O)c1ccccc21. The molecule has 5 nitrogen and oxygen atoms in total. The van der Waals surface area contributed by atoms with Gasteiger partial charge in [0.15, 0.2) is 0 Å². The molecule has 0 radical (unpaired) electrons. The summed E-state index contributed by atoms with van der Waals surface area (Å²) in [6.07, 6.45) is 0.944. The Labute approximate surface area is 117 Å². The minimum atomic E-state index is -4.56. The summed E-state index contributed by atoms with van der Waals surface area (Å²) < 4.78 is 16.0. The Morgan fingerprint density at radius 1 is 1.30 bits per heavy atom. The molecule has 6 heteroatoms. The number of anilines is 1. The van der Waals surface area contributed by atoms with Crippen LogP contribution in [0.5, 0.6) is 5.75 Å². The second-order valence-corrected chi connectivity index (χ2v) is 5.99. The van der Waals surface area contributed by atoms with Gasteiger partial charge in [0, 0.05) is 30.2 Å². The van der Waals surface area contributed by atoms with Gasteiger partial charge in [-0.05, 0) is 24.3 Å². The van der Waals surface area contributed by atoms with E-state index >= 15 is 0 Å². The minimum absolute atomic E-state index is 0.244. The average molecular weight is 293 g/mol. The predicted octanol–water partition coefficient (Wildman–Crippen LogP) is 2.69. The number of phosphoric acid groups is 1. The van der Waals surface area contributed by atoms with E-state index < -0.39 is 7.82 Å². The molecule has 106 valence electrons. The summed E-state index contributed by atoms with van der Waals surface area (Å²) in [6, 6.07) is 9.31. The third-order valence-corrected chi connectivity index (χ3v) is 4.10. The molecule has 0 aliphatic carbocycles. The molecule has 0 saturated carbocycles. The normalized spacial score (nSPS) is 14.7. The van der Waals surface area contributed by atoms with Crippen molar-refractivity contribution in [1.29, 1.82) is 0 Å². The van der Waals surface area contributed by atoms with Crippen LogP contribution in [0.3, 0.4) is 0 Å². The van der Waals surface area contributed by atoms with Crippen molar-refractivity contribution in [3.8, 4) is 5.75 Å². The third kappa shape index (κ3) is 2.29. The standard InChI is InChI=1S/C14H16NO4P/c1-2-15-8-7-11-10-5-3-4-6-12(10)14(9-13(11)15)19-20(16,17)18/h3-6,9H,2,7-8H2,1H3,(H2,16,17,18). The van der Waals surface area contributed by atoms with Crippen LogP contribution in [-0.4, -0.2) is 22.9 Å². The lowest BCUT2D eigenvalue weighted by Gasteiger charge is -2.19. The summed E-state index contributed by atoms with van der Waals surface area (Å²) in [4.78, 5) is 20.3. The first kappa shape index (κ1) is 13.4. The van der Waals surface area contributed by atoms with Crippen LogP contribution in [0.15, 0.2) is 30.3 Å². The van der Waals surface area contributed by atoms with Gasteiger partial charge in [-0.2, -0.15) is 0 Å². The molecule has 1 heterocycles. The van der Waals surface area contributed by atoms with Gasteiger partial charge in [0.1, 0.15) is 5.75 Å². The molecule has 0 amide bonds. The van der Waals surface area contributed by atoms with Crippen molar-refractivity contribution in [2.24, 2.45) is 0 Å². The number of phosphoric ester groups is 1. The predicted molar refractivity (Wildman–Crippen MR) is 78.2 cm³/mol. The zero-order valence-electron chi connectivity index (χ0n) is 11.1. The lowest BCUT2D eigenvalue weighted by molar-refractivity contribution is 0.284. The zero-order valence-corrected chi connectivity index (χ0v) is 12.0. The fraction of sp³-hybridized carbons (Fsp3) is 0.286. The molecule has 0 saturated heterocycles. The van der Waals surface area contributed by atoms with Gasteiger partial charge in [0.2, 0.25) is 0 Å². The van der Waals surface area contributed by atoms with Crippen LogP contribution in [0.4, 0.5) is 5.69 Å². The van der Waals surface area contributed by atoms with Crippen molar-refractivity contribution >= 4 is 24.3 Å². The molecule has 0 atom stereocenters. The van der Waals surface area contributed by atoms with Gasteiger partial charge in [-0.15, -0.1) is 0 Å². The molecule has 0 bridgehead atoms. The number of benzene rings is 2. The highest BCUT2D eigenvalue weighted by Crippen LogP contribution is 2.45. The summed E-state index contributed by atoms with van der Waals surface area (Å²) in [5.41, 5.74) is 2.23. The summed E-state index contributed by atoms with van der Waals surface area (Å²) in [7, 11) is -4.56. The van der Waals surface area contributed by atoms with Gasteiger partial charge in [-0.25, -0.2) is 4.57 Å².